The molecule has 0 radical (unpaired) electrons. The van der Waals surface area contributed by atoms with E-state index >= 15 is 0 Å². The molecule has 2 saturated heterocycles. The summed E-state index contributed by atoms with van der Waals surface area (Å²) >= 11 is 0. The summed E-state index contributed by atoms with van der Waals surface area (Å²) in [6, 6.07) is 21.9. The zero-order chi connectivity index (χ0) is 31.9. The third kappa shape index (κ3) is 5.23. The molecule has 3 aliphatic heterocycles. The van der Waals surface area contributed by atoms with Crippen molar-refractivity contribution in [1.82, 2.24) is 5.32 Å². The highest BCUT2D eigenvalue weighted by molar-refractivity contribution is 6.91. The lowest BCUT2D eigenvalue weighted by Crippen LogP contribution is -2.51. The van der Waals surface area contributed by atoms with Gasteiger partial charge in [-0.1, -0.05) is 49.5 Å². The van der Waals surface area contributed by atoms with Crippen molar-refractivity contribution in [2.24, 2.45) is 5.92 Å². The van der Waals surface area contributed by atoms with Crippen molar-refractivity contribution in [1.29, 1.82) is 0 Å². The molecule has 2 N–H and O–H groups in total. The number of hydrogen-bond acceptors (Lipinski definition) is 7. The standard InChI is InChI=1S/C35H43N3O6Si/c1-23-33(45(4,5)28-12-9-26(42-2)10-13-28)31(15-18-39)44-35(23)29-20-27(43-3)11-14-30(29)38(34(35)41)22-24-7-6-8-25(19-24)37-17-16-36-21-32(37)40/h6-14,19-20,23,31,33,36,39H,15-18,21-22H2,1-5H3/t23-,31+,33-,35+/m0/s1. The van der Waals surface area contributed by atoms with Gasteiger partial charge in [-0.05, 0) is 60.0 Å². The van der Waals surface area contributed by atoms with E-state index < -0.39 is 13.7 Å². The van der Waals surface area contributed by atoms with E-state index in [-0.39, 0.29) is 36.0 Å². The molecular formula is C35H43N3O6Si. The molecule has 0 bridgehead atoms. The zero-order valence-corrected chi connectivity index (χ0v) is 27.7. The van der Waals surface area contributed by atoms with Gasteiger partial charge in [-0.15, -0.1) is 0 Å². The Hall–Kier alpha value is -3.70. The van der Waals surface area contributed by atoms with Gasteiger partial charge in [0.25, 0.3) is 5.91 Å². The molecule has 0 saturated carbocycles. The molecule has 0 aromatic heterocycles. The van der Waals surface area contributed by atoms with Gasteiger partial charge in [0.15, 0.2) is 5.60 Å². The van der Waals surface area contributed by atoms with E-state index in [4.69, 9.17) is 14.2 Å². The van der Waals surface area contributed by atoms with Gasteiger partial charge in [-0.2, -0.15) is 0 Å². The molecule has 3 aliphatic rings. The fourth-order valence-electron chi connectivity index (χ4n) is 7.86. The SMILES string of the molecule is COc1ccc([Si](C)(C)[C@@H]2[C@@H](CCO)O[C@]3(C(=O)N(Cc4cccc(N5CCNCC5=O)c4)c4ccc(OC)cc43)[C@H]2C)cc1. The van der Waals surface area contributed by atoms with Crippen molar-refractivity contribution < 1.29 is 28.9 Å². The van der Waals surface area contributed by atoms with Gasteiger partial charge in [0, 0.05) is 36.9 Å². The molecule has 3 aromatic rings. The number of anilines is 2. The van der Waals surface area contributed by atoms with Crippen molar-refractivity contribution in [2.45, 2.75) is 50.2 Å². The van der Waals surface area contributed by atoms with Gasteiger partial charge in [-0.3, -0.25) is 9.59 Å². The first-order valence-corrected chi connectivity index (χ1v) is 18.8. The van der Waals surface area contributed by atoms with Crippen molar-refractivity contribution in [3.63, 3.8) is 0 Å². The van der Waals surface area contributed by atoms with E-state index in [0.717, 1.165) is 34.8 Å². The van der Waals surface area contributed by atoms with Gasteiger partial charge >= 0.3 is 0 Å². The highest BCUT2D eigenvalue weighted by atomic mass is 28.3. The smallest absolute Gasteiger partial charge is 0.264 e. The van der Waals surface area contributed by atoms with Crippen LogP contribution >= 0.6 is 0 Å². The van der Waals surface area contributed by atoms with Crippen LogP contribution in [0.25, 0.3) is 0 Å². The van der Waals surface area contributed by atoms with Crippen LogP contribution in [0.3, 0.4) is 0 Å². The normalized spacial score (nSPS) is 24.8. The first-order valence-electron chi connectivity index (χ1n) is 15.7. The molecule has 1 spiro atoms. The lowest BCUT2D eigenvalue weighted by molar-refractivity contribution is -0.146. The Labute approximate surface area is 266 Å². The fraction of sp³-hybridized carbons (Fsp3) is 0.429. The molecule has 9 nitrogen and oxygen atoms in total. The van der Waals surface area contributed by atoms with E-state index in [0.29, 0.717) is 31.8 Å². The Balaban J connectivity index is 1.40. The van der Waals surface area contributed by atoms with E-state index in [9.17, 15) is 14.7 Å². The monoisotopic (exact) mass is 629 g/mol. The summed E-state index contributed by atoms with van der Waals surface area (Å²) in [4.78, 5) is 31.1. The maximum atomic E-state index is 14.9. The summed E-state index contributed by atoms with van der Waals surface area (Å²) in [5.41, 5.74) is 2.17. The second kappa shape index (κ2) is 12.2. The van der Waals surface area contributed by atoms with E-state index in [1.54, 1.807) is 19.1 Å². The number of hydrogen-bond donors (Lipinski definition) is 2. The molecule has 2 fully saturated rings. The summed E-state index contributed by atoms with van der Waals surface area (Å²) in [6.45, 7) is 8.75. The number of methoxy groups -OCH3 is 2. The fourth-order valence-corrected chi connectivity index (χ4v) is 11.9. The van der Waals surface area contributed by atoms with Crippen LogP contribution in [-0.4, -0.2) is 71.6 Å². The Morgan fingerprint density at radius 1 is 1.02 bits per heavy atom. The average Bonchev–Trinajstić information content (AvgIpc) is 3.47. The Morgan fingerprint density at radius 2 is 1.76 bits per heavy atom. The zero-order valence-electron chi connectivity index (χ0n) is 26.7. The Morgan fingerprint density at radius 3 is 2.44 bits per heavy atom. The highest BCUT2D eigenvalue weighted by Gasteiger charge is 2.66. The Bertz CT molecular complexity index is 1580. The molecular weight excluding hydrogens is 586 g/mol. The summed E-state index contributed by atoms with van der Waals surface area (Å²) in [7, 11) is 1.01. The molecule has 2 amide bonds. The summed E-state index contributed by atoms with van der Waals surface area (Å²) < 4.78 is 18.1. The maximum absolute atomic E-state index is 14.9. The minimum Gasteiger partial charge on any atom is -0.497 e. The second-order valence-electron chi connectivity index (χ2n) is 12.8. The number of carbonyl (C=O) groups is 2. The quantitative estimate of drug-likeness (QED) is 0.348. The number of nitrogens with one attached hydrogen (secondary N) is 1. The minimum absolute atomic E-state index is 0.0303. The van der Waals surface area contributed by atoms with Crippen LogP contribution in [0.15, 0.2) is 66.7 Å². The number of aliphatic hydroxyl groups excluding tert-OH is 1. The third-order valence-corrected chi connectivity index (χ3v) is 14.5. The first-order chi connectivity index (χ1) is 21.6. The molecule has 0 aliphatic carbocycles. The summed E-state index contributed by atoms with van der Waals surface area (Å²) in [5.74, 6) is 1.21. The average molecular weight is 630 g/mol. The number of rotatable bonds is 9. The predicted molar refractivity (Wildman–Crippen MR) is 177 cm³/mol. The number of nitrogens with zero attached hydrogens (tertiary/aromatic N) is 2. The first kappa shape index (κ1) is 31.3. The number of piperazine rings is 1. The summed E-state index contributed by atoms with van der Waals surface area (Å²) in [6.07, 6.45) is 0.134. The van der Waals surface area contributed by atoms with E-state index in [1.807, 2.05) is 59.5 Å². The lowest BCUT2D eigenvalue weighted by atomic mass is 9.82. The van der Waals surface area contributed by atoms with Gasteiger partial charge in [-0.25, -0.2) is 0 Å². The van der Waals surface area contributed by atoms with Gasteiger partial charge in [0.05, 0.1) is 47.2 Å². The maximum Gasteiger partial charge on any atom is 0.264 e. The molecule has 45 heavy (non-hydrogen) atoms. The van der Waals surface area contributed by atoms with Crippen LogP contribution in [0.2, 0.25) is 18.6 Å². The van der Waals surface area contributed by atoms with Crippen LogP contribution in [0.1, 0.15) is 24.5 Å². The number of amides is 2. The Kier molecular flexibility index (Phi) is 8.51. The molecule has 3 aromatic carbocycles. The van der Waals surface area contributed by atoms with Gasteiger partial charge in [0.1, 0.15) is 11.5 Å². The van der Waals surface area contributed by atoms with E-state index in [1.165, 1.54) is 5.19 Å². The number of fused-ring (bicyclic) bond motifs is 2. The predicted octanol–water partition coefficient (Wildman–Crippen LogP) is 3.79. The third-order valence-electron chi connectivity index (χ3n) is 10.1. The van der Waals surface area contributed by atoms with Crippen LogP contribution in [0.5, 0.6) is 11.5 Å². The molecule has 6 rings (SSSR count). The van der Waals surface area contributed by atoms with Crippen LogP contribution in [-0.2, 0) is 26.5 Å². The van der Waals surface area contributed by atoms with Crippen LogP contribution in [0.4, 0.5) is 11.4 Å². The lowest BCUT2D eigenvalue weighted by Gasteiger charge is -2.37. The topological polar surface area (TPSA) is 101 Å². The second-order valence-corrected chi connectivity index (χ2v) is 17.5. The van der Waals surface area contributed by atoms with Crippen LogP contribution in [0, 0.1) is 5.92 Å². The van der Waals surface area contributed by atoms with Gasteiger partial charge in [0.2, 0.25) is 5.91 Å². The largest absolute Gasteiger partial charge is 0.497 e. The molecule has 4 atom stereocenters. The molecule has 10 heteroatoms. The van der Waals surface area contributed by atoms with Crippen molar-refractivity contribution in [3.8, 4) is 11.5 Å². The number of carbonyl (C=O) groups excluding carboxylic acids is 2. The minimum atomic E-state index is -2.28. The summed E-state index contributed by atoms with van der Waals surface area (Å²) in [5, 5.41) is 14.5. The molecule has 238 valence electrons. The van der Waals surface area contributed by atoms with Gasteiger partial charge < -0.3 is 34.4 Å². The van der Waals surface area contributed by atoms with Crippen molar-refractivity contribution in [3.05, 3.63) is 77.9 Å². The van der Waals surface area contributed by atoms with Crippen LogP contribution < -0.4 is 29.8 Å². The number of aliphatic hydroxyl groups is 1. The molecule has 0 unspecified atom stereocenters. The highest BCUT2D eigenvalue weighted by Crippen LogP contribution is 2.60. The number of benzene rings is 3. The molecule has 3 heterocycles. The number of ether oxygens (including phenoxy) is 3. The van der Waals surface area contributed by atoms with E-state index in [2.05, 4.69) is 37.5 Å². The van der Waals surface area contributed by atoms with Crippen molar-refractivity contribution in [2.75, 3.05) is 50.3 Å². The van der Waals surface area contributed by atoms with Crippen molar-refractivity contribution >= 4 is 36.4 Å².